The van der Waals surface area contributed by atoms with E-state index in [1.807, 2.05) is 0 Å². The monoisotopic (exact) mass is 170 g/mol. The topological polar surface area (TPSA) is 38.9 Å². The molecule has 0 radical (unpaired) electrons. The number of alkyl halides is 2. The number of hydrogen-bond acceptors (Lipinski definition) is 3. The van der Waals surface area contributed by atoms with Crippen molar-refractivity contribution in [2.24, 2.45) is 0 Å². The van der Waals surface area contributed by atoms with Gasteiger partial charge in [-0.3, -0.25) is 4.98 Å². The molecular weight excluding hydrogens is 166 g/mol. The predicted octanol–water partition coefficient (Wildman–Crippen LogP) is 2.16. The van der Waals surface area contributed by atoms with Crippen molar-refractivity contribution in [1.29, 1.82) is 0 Å². The molecule has 0 spiro atoms. The summed E-state index contributed by atoms with van der Waals surface area (Å²) in [5.74, 6) is 0. The normalized spacial score (nSPS) is 11.2. The Labute approximate surface area is 66.0 Å². The fraction of sp³-hybridized carbons (Fsp3) is 0.143. The first kappa shape index (κ1) is 7.15. The summed E-state index contributed by atoms with van der Waals surface area (Å²) in [5.41, 5.74) is 0.527. The molecule has 3 nitrogen and oxygen atoms in total. The molecule has 0 unspecified atom stereocenters. The highest BCUT2D eigenvalue weighted by atomic mass is 19.3. The van der Waals surface area contributed by atoms with Crippen molar-refractivity contribution in [3.63, 3.8) is 0 Å². The molecule has 0 aliphatic heterocycles. The smallest absolute Gasteiger partial charge is 0.280 e. The maximum absolute atomic E-state index is 12.1. The van der Waals surface area contributed by atoms with Crippen LogP contribution in [0.2, 0.25) is 0 Å². The zero-order valence-corrected chi connectivity index (χ0v) is 5.87. The molecule has 0 saturated carbocycles. The third-order valence-corrected chi connectivity index (χ3v) is 1.46. The molecule has 0 bridgehead atoms. The molecule has 2 rings (SSSR count). The highest BCUT2D eigenvalue weighted by molar-refractivity contribution is 5.70. The van der Waals surface area contributed by atoms with Gasteiger partial charge < -0.3 is 4.42 Å². The zero-order chi connectivity index (χ0) is 8.55. The molecule has 2 heterocycles. The quantitative estimate of drug-likeness (QED) is 0.658. The lowest BCUT2D eigenvalue weighted by Crippen LogP contribution is -1.87. The summed E-state index contributed by atoms with van der Waals surface area (Å²) < 4.78 is 29.0. The minimum atomic E-state index is -2.57. The molecule has 0 fully saturated rings. The number of aromatic nitrogens is 2. The SMILES string of the molecule is FC(F)c1cc2ocnc2cn1. The van der Waals surface area contributed by atoms with E-state index in [1.54, 1.807) is 0 Å². The molecule has 0 aliphatic rings. The first-order valence-corrected chi connectivity index (χ1v) is 3.24. The van der Waals surface area contributed by atoms with E-state index in [0.717, 1.165) is 0 Å². The molecular formula is C7H4F2N2O. The van der Waals surface area contributed by atoms with Gasteiger partial charge in [0.25, 0.3) is 6.43 Å². The van der Waals surface area contributed by atoms with Crippen LogP contribution in [-0.2, 0) is 0 Å². The molecule has 0 aliphatic carbocycles. The third kappa shape index (κ3) is 1.03. The second-order valence-corrected chi connectivity index (χ2v) is 2.23. The zero-order valence-electron chi connectivity index (χ0n) is 5.87. The number of hydrogen-bond donors (Lipinski definition) is 0. The molecule has 12 heavy (non-hydrogen) atoms. The molecule has 0 saturated heterocycles. The lowest BCUT2D eigenvalue weighted by molar-refractivity contribution is 0.146. The lowest BCUT2D eigenvalue weighted by Gasteiger charge is -1.95. The summed E-state index contributed by atoms with van der Waals surface area (Å²) in [6.45, 7) is 0. The number of oxazole rings is 1. The Hall–Kier alpha value is -1.52. The van der Waals surface area contributed by atoms with E-state index in [4.69, 9.17) is 4.42 Å². The van der Waals surface area contributed by atoms with Crippen LogP contribution in [0.5, 0.6) is 0 Å². The second-order valence-electron chi connectivity index (χ2n) is 2.23. The summed E-state index contributed by atoms with van der Waals surface area (Å²) in [4.78, 5) is 7.25. The third-order valence-electron chi connectivity index (χ3n) is 1.46. The minimum absolute atomic E-state index is 0.292. The van der Waals surface area contributed by atoms with Gasteiger partial charge in [-0.25, -0.2) is 13.8 Å². The molecule has 0 atom stereocenters. The van der Waals surface area contributed by atoms with Crippen molar-refractivity contribution in [3.8, 4) is 0 Å². The van der Waals surface area contributed by atoms with Gasteiger partial charge in [-0.05, 0) is 0 Å². The van der Waals surface area contributed by atoms with Crippen molar-refractivity contribution in [1.82, 2.24) is 9.97 Å². The van der Waals surface area contributed by atoms with Crippen LogP contribution in [0.15, 0.2) is 23.1 Å². The minimum Gasteiger partial charge on any atom is -0.443 e. The van der Waals surface area contributed by atoms with Crippen LogP contribution in [-0.4, -0.2) is 9.97 Å². The van der Waals surface area contributed by atoms with Crippen molar-refractivity contribution >= 4 is 11.1 Å². The number of rotatable bonds is 1. The molecule has 0 aromatic carbocycles. The van der Waals surface area contributed by atoms with Crippen LogP contribution in [0.4, 0.5) is 8.78 Å². The van der Waals surface area contributed by atoms with Crippen LogP contribution in [0.3, 0.4) is 0 Å². The van der Waals surface area contributed by atoms with Gasteiger partial charge in [-0.2, -0.15) is 0 Å². The van der Waals surface area contributed by atoms with Gasteiger partial charge in [-0.15, -0.1) is 0 Å². The van der Waals surface area contributed by atoms with Crippen molar-refractivity contribution < 1.29 is 13.2 Å². The van der Waals surface area contributed by atoms with E-state index in [1.165, 1.54) is 18.7 Å². The average molecular weight is 170 g/mol. The summed E-state index contributed by atoms with van der Waals surface area (Å²) in [5, 5.41) is 0. The van der Waals surface area contributed by atoms with Gasteiger partial charge >= 0.3 is 0 Å². The Kier molecular flexibility index (Phi) is 1.49. The van der Waals surface area contributed by atoms with Crippen LogP contribution < -0.4 is 0 Å². The van der Waals surface area contributed by atoms with Gasteiger partial charge in [0, 0.05) is 6.07 Å². The van der Waals surface area contributed by atoms with E-state index in [-0.39, 0.29) is 5.69 Å². The lowest BCUT2D eigenvalue weighted by atomic mass is 10.3. The maximum Gasteiger partial charge on any atom is 0.280 e. The standard InChI is InChI=1S/C7H4F2N2O/c8-7(9)4-1-6-5(2-10-4)11-3-12-6/h1-3,7H. The Balaban J connectivity index is 2.60. The van der Waals surface area contributed by atoms with Crippen LogP contribution >= 0.6 is 0 Å². The first-order valence-electron chi connectivity index (χ1n) is 3.24. The van der Waals surface area contributed by atoms with Gasteiger partial charge in [-0.1, -0.05) is 0 Å². The largest absolute Gasteiger partial charge is 0.443 e. The van der Waals surface area contributed by atoms with Crippen LogP contribution in [0, 0.1) is 0 Å². The van der Waals surface area contributed by atoms with E-state index in [2.05, 4.69) is 9.97 Å². The van der Waals surface area contributed by atoms with E-state index >= 15 is 0 Å². The van der Waals surface area contributed by atoms with Gasteiger partial charge in [0.15, 0.2) is 12.0 Å². The van der Waals surface area contributed by atoms with E-state index < -0.39 is 6.43 Å². The fourth-order valence-electron chi connectivity index (χ4n) is 0.895. The maximum atomic E-state index is 12.1. The highest BCUT2D eigenvalue weighted by Gasteiger charge is 2.10. The summed E-state index contributed by atoms with van der Waals surface area (Å²) in [6.07, 6.45) is -0.110. The molecule has 0 amide bonds. The van der Waals surface area contributed by atoms with Gasteiger partial charge in [0.1, 0.15) is 11.2 Å². The molecule has 5 heteroatoms. The summed E-state index contributed by atoms with van der Waals surface area (Å²) in [7, 11) is 0. The van der Waals surface area contributed by atoms with Crippen molar-refractivity contribution in [3.05, 3.63) is 24.4 Å². The molecule has 0 N–H and O–H groups in total. The fourth-order valence-corrected chi connectivity index (χ4v) is 0.895. The number of pyridine rings is 1. The van der Waals surface area contributed by atoms with E-state index in [0.29, 0.717) is 11.1 Å². The van der Waals surface area contributed by atoms with Crippen LogP contribution in [0.25, 0.3) is 11.1 Å². The van der Waals surface area contributed by atoms with Crippen molar-refractivity contribution in [2.75, 3.05) is 0 Å². The molecule has 2 aromatic heterocycles. The predicted molar refractivity (Wildman–Crippen MR) is 36.8 cm³/mol. The van der Waals surface area contributed by atoms with E-state index in [9.17, 15) is 8.78 Å². The number of nitrogens with zero attached hydrogens (tertiary/aromatic N) is 2. The Bertz CT molecular complexity index is 399. The van der Waals surface area contributed by atoms with Gasteiger partial charge in [0.05, 0.1) is 6.20 Å². The highest BCUT2D eigenvalue weighted by Crippen LogP contribution is 2.19. The number of fused-ring (bicyclic) bond motifs is 1. The second kappa shape index (κ2) is 2.51. The number of halogens is 2. The molecule has 62 valence electrons. The average Bonchev–Trinajstić information content (AvgIpc) is 2.49. The Morgan fingerprint density at radius 3 is 2.92 bits per heavy atom. The van der Waals surface area contributed by atoms with Gasteiger partial charge in [0.2, 0.25) is 0 Å². The Morgan fingerprint density at radius 1 is 1.33 bits per heavy atom. The first-order chi connectivity index (χ1) is 5.77. The molecule has 2 aromatic rings. The summed E-state index contributed by atoms with van der Waals surface area (Å²) in [6, 6.07) is 1.19. The summed E-state index contributed by atoms with van der Waals surface area (Å²) >= 11 is 0. The Morgan fingerprint density at radius 2 is 2.17 bits per heavy atom. The van der Waals surface area contributed by atoms with Crippen LogP contribution in [0.1, 0.15) is 12.1 Å². The van der Waals surface area contributed by atoms with Crippen molar-refractivity contribution in [2.45, 2.75) is 6.43 Å².